The van der Waals surface area contributed by atoms with Gasteiger partial charge < -0.3 is 19.6 Å². The third kappa shape index (κ3) is 2.87. The molecule has 2 bridgehead atoms. The van der Waals surface area contributed by atoms with Crippen LogP contribution in [-0.2, 0) is 14.3 Å². The molecule has 1 amide bonds. The highest BCUT2D eigenvalue weighted by atomic mass is 35.5. The van der Waals surface area contributed by atoms with Crippen molar-refractivity contribution in [3.05, 3.63) is 29.3 Å². The zero-order valence-corrected chi connectivity index (χ0v) is 14.6. The van der Waals surface area contributed by atoms with Crippen LogP contribution < -0.4 is 4.90 Å². The molecule has 3 aliphatic heterocycles. The van der Waals surface area contributed by atoms with Crippen molar-refractivity contribution in [2.45, 2.75) is 25.0 Å². The number of fused-ring (bicyclic) bond motifs is 2. The minimum atomic E-state index is -0.916. The van der Waals surface area contributed by atoms with Gasteiger partial charge in [0, 0.05) is 26.2 Å². The van der Waals surface area contributed by atoms with Crippen LogP contribution >= 0.6 is 11.6 Å². The Kier molecular flexibility index (Phi) is 4.33. The average molecular weight is 365 g/mol. The van der Waals surface area contributed by atoms with Gasteiger partial charge in [-0.05, 0) is 25.0 Å². The van der Waals surface area contributed by atoms with Crippen LogP contribution in [0.15, 0.2) is 24.3 Å². The Morgan fingerprint density at radius 3 is 2.32 bits per heavy atom. The van der Waals surface area contributed by atoms with Gasteiger partial charge in [0.1, 0.15) is 0 Å². The molecule has 0 spiro atoms. The number of piperazine rings is 1. The molecule has 25 heavy (non-hydrogen) atoms. The Morgan fingerprint density at radius 2 is 1.68 bits per heavy atom. The number of halogens is 1. The molecule has 0 saturated carbocycles. The van der Waals surface area contributed by atoms with Crippen LogP contribution in [0.4, 0.5) is 5.69 Å². The summed E-state index contributed by atoms with van der Waals surface area (Å²) in [6.07, 6.45) is 0.983. The highest BCUT2D eigenvalue weighted by Crippen LogP contribution is 2.44. The SMILES string of the molecule is O=C(O)[C@@H]1[C@H](C(=O)N2CCN(c3ccccc3Cl)CC2)[C@@H]2CC[C@H]1O2. The van der Waals surface area contributed by atoms with Gasteiger partial charge in [0.15, 0.2) is 0 Å². The molecule has 6 nitrogen and oxygen atoms in total. The molecule has 1 aromatic carbocycles. The molecule has 134 valence electrons. The number of benzene rings is 1. The van der Waals surface area contributed by atoms with Gasteiger partial charge in [-0.15, -0.1) is 0 Å². The smallest absolute Gasteiger partial charge is 0.310 e. The van der Waals surface area contributed by atoms with Crippen LogP contribution in [-0.4, -0.2) is 60.3 Å². The summed E-state index contributed by atoms with van der Waals surface area (Å²) in [5, 5.41) is 10.2. The van der Waals surface area contributed by atoms with Crippen LogP contribution in [0.2, 0.25) is 5.02 Å². The Labute approximate surface area is 151 Å². The number of carbonyl (C=O) groups is 2. The Morgan fingerprint density at radius 1 is 1.04 bits per heavy atom. The molecule has 4 rings (SSSR count). The summed E-state index contributed by atoms with van der Waals surface area (Å²) >= 11 is 6.25. The van der Waals surface area contributed by atoms with Crippen molar-refractivity contribution < 1.29 is 19.4 Å². The molecular formula is C18H21ClN2O4. The number of carboxylic acids is 1. The second-order valence-corrected chi connectivity index (χ2v) is 7.35. The third-order valence-corrected chi connectivity index (χ3v) is 5.95. The first-order valence-electron chi connectivity index (χ1n) is 8.73. The van der Waals surface area contributed by atoms with Gasteiger partial charge >= 0.3 is 5.97 Å². The number of nitrogens with zero attached hydrogens (tertiary/aromatic N) is 2. The van der Waals surface area contributed by atoms with Gasteiger partial charge in [0.25, 0.3) is 0 Å². The molecule has 4 atom stereocenters. The van der Waals surface area contributed by atoms with Crippen LogP contribution in [0, 0.1) is 11.8 Å². The molecule has 3 heterocycles. The Bertz CT molecular complexity index is 689. The maximum Gasteiger partial charge on any atom is 0.310 e. The summed E-state index contributed by atoms with van der Waals surface area (Å²) in [6, 6.07) is 7.68. The van der Waals surface area contributed by atoms with Gasteiger partial charge in [0.05, 0.1) is 34.8 Å². The maximum atomic E-state index is 13.0. The van der Waals surface area contributed by atoms with Gasteiger partial charge in [-0.2, -0.15) is 0 Å². The van der Waals surface area contributed by atoms with E-state index in [-0.39, 0.29) is 18.1 Å². The molecule has 0 aromatic heterocycles. The number of ether oxygens (including phenoxy) is 1. The first kappa shape index (κ1) is 16.7. The van der Waals surface area contributed by atoms with Crippen molar-refractivity contribution in [1.82, 2.24) is 4.90 Å². The van der Waals surface area contributed by atoms with Crippen LogP contribution in [0.5, 0.6) is 0 Å². The Balaban J connectivity index is 1.43. The van der Waals surface area contributed by atoms with E-state index in [1.54, 1.807) is 4.90 Å². The lowest BCUT2D eigenvalue weighted by Crippen LogP contribution is -2.53. The monoisotopic (exact) mass is 364 g/mol. The number of anilines is 1. The zero-order chi connectivity index (χ0) is 17.6. The molecule has 0 unspecified atom stereocenters. The number of hydrogen-bond acceptors (Lipinski definition) is 4. The standard InChI is InChI=1S/C18H21ClN2O4/c19-11-3-1-2-4-12(11)20-7-9-21(10-8-20)17(22)15-13-5-6-14(25-13)16(15)18(23)24/h1-4,13-16H,5-10H2,(H,23,24)/t13-,14+,15+,16-/m0/s1. The summed E-state index contributed by atoms with van der Waals surface area (Å²) in [4.78, 5) is 28.5. The Hall–Kier alpha value is -1.79. The zero-order valence-electron chi connectivity index (χ0n) is 13.8. The second kappa shape index (κ2) is 6.50. The molecule has 7 heteroatoms. The van der Waals surface area contributed by atoms with E-state index >= 15 is 0 Å². The van der Waals surface area contributed by atoms with E-state index in [0.29, 0.717) is 31.2 Å². The number of para-hydroxylation sites is 1. The fraction of sp³-hybridized carbons (Fsp3) is 0.556. The number of carboxylic acid groups (broad SMARTS) is 1. The van der Waals surface area contributed by atoms with Crippen molar-refractivity contribution in [2.24, 2.45) is 11.8 Å². The highest BCUT2D eigenvalue weighted by Gasteiger charge is 2.56. The summed E-state index contributed by atoms with van der Waals surface area (Å²) in [7, 11) is 0. The fourth-order valence-corrected chi connectivity index (χ4v) is 4.65. The molecule has 3 saturated heterocycles. The van der Waals surface area contributed by atoms with Gasteiger partial charge in [-0.3, -0.25) is 9.59 Å². The average Bonchev–Trinajstić information content (AvgIpc) is 3.23. The lowest BCUT2D eigenvalue weighted by atomic mass is 9.78. The largest absolute Gasteiger partial charge is 0.481 e. The van der Waals surface area contributed by atoms with Crippen molar-refractivity contribution in [2.75, 3.05) is 31.1 Å². The van der Waals surface area contributed by atoms with E-state index in [1.807, 2.05) is 24.3 Å². The summed E-state index contributed by atoms with van der Waals surface area (Å²) in [5.74, 6) is -2.23. The number of hydrogen-bond donors (Lipinski definition) is 1. The number of carbonyl (C=O) groups excluding carboxylic acids is 1. The number of rotatable bonds is 3. The second-order valence-electron chi connectivity index (χ2n) is 6.94. The topological polar surface area (TPSA) is 70.1 Å². The van der Waals surface area contributed by atoms with Crippen LogP contribution in [0.1, 0.15) is 12.8 Å². The quantitative estimate of drug-likeness (QED) is 0.886. The van der Waals surface area contributed by atoms with Gasteiger partial charge in [0.2, 0.25) is 5.91 Å². The van der Waals surface area contributed by atoms with Gasteiger partial charge in [-0.1, -0.05) is 23.7 Å². The lowest BCUT2D eigenvalue weighted by molar-refractivity contribution is -0.151. The molecule has 1 N–H and O–H groups in total. The van der Waals surface area contributed by atoms with E-state index in [9.17, 15) is 14.7 Å². The lowest BCUT2D eigenvalue weighted by Gasteiger charge is -2.38. The summed E-state index contributed by atoms with van der Waals surface area (Å²) < 4.78 is 5.72. The fourth-order valence-electron chi connectivity index (χ4n) is 4.39. The predicted octanol–water partition coefficient (Wildman–Crippen LogP) is 1.87. The van der Waals surface area contributed by atoms with E-state index in [0.717, 1.165) is 18.5 Å². The third-order valence-electron chi connectivity index (χ3n) is 5.63. The predicted molar refractivity (Wildman–Crippen MR) is 92.8 cm³/mol. The van der Waals surface area contributed by atoms with Crippen molar-refractivity contribution in [3.8, 4) is 0 Å². The molecule has 3 aliphatic rings. The first-order valence-corrected chi connectivity index (χ1v) is 9.10. The highest BCUT2D eigenvalue weighted by molar-refractivity contribution is 6.33. The first-order chi connectivity index (χ1) is 12.1. The molecule has 1 aromatic rings. The number of aliphatic carboxylic acids is 1. The van der Waals surface area contributed by atoms with Gasteiger partial charge in [-0.25, -0.2) is 0 Å². The molecular weight excluding hydrogens is 344 g/mol. The molecule has 3 fully saturated rings. The minimum absolute atomic E-state index is 0.0709. The number of amides is 1. The van der Waals surface area contributed by atoms with Crippen LogP contribution in [0.3, 0.4) is 0 Å². The van der Waals surface area contributed by atoms with Crippen LogP contribution in [0.25, 0.3) is 0 Å². The summed E-state index contributed by atoms with van der Waals surface area (Å²) in [5.41, 5.74) is 0.975. The summed E-state index contributed by atoms with van der Waals surface area (Å²) in [6.45, 7) is 2.53. The van der Waals surface area contributed by atoms with E-state index in [4.69, 9.17) is 16.3 Å². The molecule has 0 aliphatic carbocycles. The maximum absolute atomic E-state index is 13.0. The van der Waals surface area contributed by atoms with E-state index < -0.39 is 17.8 Å². The van der Waals surface area contributed by atoms with E-state index in [2.05, 4.69) is 4.90 Å². The normalized spacial score (nSPS) is 31.4. The molecule has 0 radical (unpaired) electrons. The van der Waals surface area contributed by atoms with Crippen molar-refractivity contribution in [1.29, 1.82) is 0 Å². The minimum Gasteiger partial charge on any atom is -0.481 e. The van der Waals surface area contributed by atoms with Crippen molar-refractivity contribution in [3.63, 3.8) is 0 Å². The van der Waals surface area contributed by atoms with E-state index in [1.165, 1.54) is 0 Å². The van der Waals surface area contributed by atoms with Crippen molar-refractivity contribution >= 4 is 29.2 Å².